The monoisotopic (exact) mass is 281 g/mol. The molecule has 21 heavy (non-hydrogen) atoms. The number of benzene rings is 2. The maximum atomic E-state index is 14.3. The van der Waals surface area contributed by atoms with Gasteiger partial charge in [0.05, 0.1) is 18.2 Å². The van der Waals surface area contributed by atoms with Gasteiger partial charge in [-0.3, -0.25) is 4.57 Å². The Morgan fingerprint density at radius 1 is 1.19 bits per heavy atom. The zero-order valence-electron chi connectivity index (χ0n) is 11.6. The molecule has 2 aromatic carbocycles. The fourth-order valence-corrected chi connectivity index (χ4v) is 2.88. The van der Waals surface area contributed by atoms with Crippen LogP contribution in [0.15, 0.2) is 48.7 Å². The van der Waals surface area contributed by atoms with Crippen molar-refractivity contribution < 1.29 is 13.7 Å². The van der Waals surface area contributed by atoms with E-state index in [1.54, 1.807) is 12.1 Å². The molecule has 4 heteroatoms. The van der Waals surface area contributed by atoms with Crippen molar-refractivity contribution in [3.63, 3.8) is 0 Å². The molecule has 1 aliphatic rings. The Morgan fingerprint density at radius 3 is 2.90 bits per heavy atom. The van der Waals surface area contributed by atoms with E-state index < -0.39 is 0 Å². The quantitative estimate of drug-likeness (QED) is 0.657. The van der Waals surface area contributed by atoms with Gasteiger partial charge < -0.3 is 4.74 Å². The molecule has 4 rings (SSSR count). The molecule has 1 aliphatic heterocycles. The molecular weight excluding hydrogens is 267 g/mol. The van der Waals surface area contributed by atoms with Crippen molar-refractivity contribution in [2.45, 2.75) is 6.67 Å². The van der Waals surface area contributed by atoms with E-state index in [2.05, 4.69) is 16.7 Å². The van der Waals surface area contributed by atoms with Crippen LogP contribution in [0.3, 0.4) is 0 Å². The number of hydrogen-bond acceptors (Lipinski definition) is 1. The van der Waals surface area contributed by atoms with Crippen LogP contribution in [0.4, 0.5) is 10.1 Å². The molecule has 3 aromatic rings. The number of halogens is 1. The molecule has 1 aromatic heterocycles. The number of hydrogen-bond donors (Lipinski definition) is 0. The van der Waals surface area contributed by atoms with Gasteiger partial charge >= 0.3 is 0 Å². The molecule has 0 saturated heterocycles. The Balaban J connectivity index is 1.86. The summed E-state index contributed by atoms with van der Waals surface area (Å²) >= 11 is 0. The molecule has 104 valence electrons. The fraction of sp³-hybridized carbons (Fsp3) is 0.118. The van der Waals surface area contributed by atoms with Crippen molar-refractivity contribution in [1.82, 2.24) is 4.57 Å². The molecule has 3 nitrogen and oxygen atoms in total. The van der Waals surface area contributed by atoms with Crippen LogP contribution in [0.1, 0.15) is 5.56 Å². The predicted molar refractivity (Wildman–Crippen MR) is 80.0 cm³/mol. The number of para-hydroxylation sites is 1. The summed E-state index contributed by atoms with van der Waals surface area (Å²) in [5, 5.41) is 1.21. The van der Waals surface area contributed by atoms with Crippen molar-refractivity contribution in [3.8, 4) is 5.75 Å². The van der Waals surface area contributed by atoms with Crippen molar-refractivity contribution in [2.24, 2.45) is 0 Å². The van der Waals surface area contributed by atoms with Gasteiger partial charge in [0.1, 0.15) is 5.75 Å². The number of nitrogens with zero attached hydrogens (tertiary/aromatic N) is 2. The van der Waals surface area contributed by atoms with Crippen molar-refractivity contribution in [1.29, 1.82) is 0 Å². The third-order valence-electron chi connectivity index (χ3n) is 3.88. The molecule has 0 saturated carbocycles. The smallest absolute Gasteiger partial charge is 0.243 e. The topological polar surface area (TPSA) is 17.2 Å². The van der Waals surface area contributed by atoms with Crippen LogP contribution >= 0.6 is 0 Å². The SMILES string of the molecule is COc1ccc([N+]2=Cc3cccc4ccn(c34)C2)c(F)c1. The third-order valence-corrected chi connectivity index (χ3v) is 3.88. The van der Waals surface area contributed by atoms with Crippen molar-refractivity contribution in [3.05, 3.63) is 60.0 Å². The van der Waals surface area contributed by atoms with Gasteiger partial charge in [-0.2, -0.15) is 8.97 Å². The van der Waals surface area contributed by atoms with E-state index in [0.29, 0.717) is 18.1 Å². The predicted octanol–water partition coefficient (Wildman–Crippen LogP) is 3.52. The number of methoxy groups -OCH3 is 1. The maximum Gasteiger partial charge on any atom is 0.243 e. The first-order chi connectivity index (χ1) is 10.3. The number of rotatable bonds is 2. The maximum absolute atomic E-state index is 14.3. The molecule has 0 atom stereocenters. The summed E-state index contributed by atoms with van der Waals surface area (Å²) in [5.41, 5.74) is 2.84. The molecule has 0 fully saturated rings. The summed E-state index contributed by atoms with van der Waals surface area (Å²) in [6.07, 6.45) is 4.03. The molecule has 0 N–H and O–H groups in total. The minimum atomic E-state index is -0.284. The van der Waals surface area contributed by atoms with Gasteiger partial charge in [0.15, 0.2) is 12.0 Å². The van der Waals surface area contributed by atoms with E-state index in [4.69, 9.17) is 4.74 Å². The lowest BCUT2D eigenvalue weighted by Gasteiger charge is -2.13. The van der Waals surface area contributed by atoms with Crippen LogP contribution in [0.2, 0.25) is 0 Å². The standard InChI is InChI=1S/C17H14FN2O/c1-21-14-5-6-16(15(18)9-14)20-10-13-4-2-3-12-7-8-19(11-20)17(12)13/h2-10H,11H2,1H3/q+1. The van der Waals surface area contributed by atoms with Gasteiger partial charge in [-0.25, -0.2) is 0 Å². The second-order valence-corrected chi connectivity index (χ2v) is 5.13. The Labute approximate surface area is 121 Å². The van der Waals surface area contributed by atoms with Gasteiger partial charge in [0.2, 0.25) is 12.4 Å². The Kier molecular flexibility index (Phi) is 2.57. The Bertz CT molecular complexity index is 880. The highest BCUT2D eigenvalue weighted by atomic mass is 19.1. The van der Waals surface area contributed by atoms with Gasteiger partial charge in [-0.05, 0) is 18.2 Å². The number of ether oxygens (including phenoxy) is 1. The normalized spacial score (nSPS) is 13.3. The van der Waals surface area contributed by atoms with E-state index in [1.165, 1.54) is 24.1 Å². The Hall–Kier alpha value is -2.62. The highest BCUT2D eigenvalue weighted by Crippen LogP contribution is 2.27. The fourth-order valence-electron chi connectivity index (χ4n) is 2.88. The highest BCUT2D eigenvalue weighted by molar-refractivity contribution is 5.97. The van der Waals surface area contributed by atoms with Crippen LogP contribution in [-0.2, 0) is 6.67 Å². The van der Waals surface area contributed by atoms with Crippen LogP contribution in [0.5, 0.6) is 5.75 Å². The lowest BCUT2D eigenvalue weighted by atomic mass is 10.1. The molecule has 0 spiro atoms. The summed E-state index contributed by atoms with van der Waals surface area (Å²) in [6, 6.07) is 13.2. The number of aromatic nitrogens is 1. The van der Waals surface area contributed by atoms with Gasteiger partial charge in [0.25, 0.3) is 0 Å². The largest absolute Gasteiger partial charge is 0.497 e. The first-order valence-corrected chi connectivity index (χ1v) is 6.79. The summed E-state index contributed by atoms with van der Waals surface area (Å²) < 4.78 is 23.4. The molecule has 0 bridgehead atoms. The first-order valence-electron chi connectivity index (χ1n) is 6.79. The highest BCUT2D eigenvalue weighted by Gasteiger charge is 2.22. The zero-order valence-corrected chi connectivity index (χ0v) is 11.6. The van der Waals surface area contributed by atoms with Crippen LogP contribution in [0, 0.1) is 5.82 Å². The lowest BCUT2D eigenvalue weighted by molar-refractivity contribution is -0.473. The average molecular weight is 281 g/mol. The zero-order chi connectivity index (χ0) is 14.4. The van der Waals surface area contributed by atoms with E-state index in [9.17, 15) is 4.39 Å². The van der Waals surface area contributed by atoms with E-state index in [-0.39, 0.29) is 5.82 Å². The molecule has 0 radical (unpaired) electrons. The third kappa shape index (κ3) is 1.83. The van der Waals surface area contributed by atoms with E-state index in [1.807, 2.05) is 29.1 Å². The van der Waals surface area contributed by atoms with E-state index in [0.717, 1.165) is 5.56 Å². The second-order valence-electron chi connectivity index (χ2n) is 5.13. The van der Waals surface area contributed by atoms with Crippen molar-refractivity contribution >= 4 is 22.8 Å². The summed E-state index contributed by atoms with van der Waals surface area (Å²) in [6.45, 7) is 0.601. The van der Waals surface area contributed by atoms with Gasteiger partial charge in [-0.15, -0.1) is 0 Å². The minimum Gasteiger partial charge on any atom is -0.497 e. The van der Waals surface area contributed by atoms with Crippen molar-refractivity contribution in [2.75, 3.05) is 7.11 Å². The van der Waals surface area contributed by atoms with Crippen LogP contribution < -0.4 is 4.74 Å². The minimum absolute atomic E-state index is 0.284. The molecule has 2 heterocycles. The van der Waals surface area contributed by atoms with Crippen LogP contribution in [-0.4, -0.2) is 22.5 Å². The average Bonchev–Trinajstić information content (AvgIpc) is 2.92. The van der Waals surface area contributed by atoms with Gasteiger partial charge in [-0.1, -0.05) is 12.1 Å². The molecule has 0 aliphatic carbocycles. The summed E-state index contributed by atoms with van der Waals surface area (Å²) in [7, 11) is 1.54. The van der Waals surface area contributed by atoms with E-state index >= 15 is 0 Å². The molecular formula is C17H14FN2O+. The first kappa shape index (κ1) is 12.1. The Morgan fingerprint density at radius 2 is 2.10 bits per heavy atom. The van der Waals surface area contributed by atoms with Crippen LogP contribution in [0.25, 0.3) is 10.9 Å². The lowest BCUT2D eigenvalue weighted by Crippen LogP contribution is -2.19. The molecule has 0 amide bonds. The summed E-state index contributed by atoms with van der Waals surface area (Å²) in [5.74, 6) is 0.241. The van der Waals surface area contributed by atoms with Gasteiger partial charge in [0, 0.05) is 23.7 Å². The summed E-state index contributed by atoms with van der Waals surface area (Å²) in [4.78, 5) is 0. The molecule has 0 unspecified atom stereocenters. The second kappa shape index (κ2) is 4.45.